The van der Waals surface area contributed by atoms with Crippen molar-refractivity contribution in [2.75, 3.05) is 6.61 Å². The van der Waals surface area contributed by atoms with E-state index < -0.39 is 0 Å². The van der Waals surface area contributed by atoms with Crippen molar-refractivity contribution in [2.24, 2.45) is 5.92 Å². The molecular weight excluding hydrogens is 160 g/mol. The van der Waals surface area contributed by atoms with E-state index in [0.717, 1.165) is 0 Å². The average Bonchev–Trinajstić information content (AvgIpc) is 2.35. The van der Waals surface area contributed by atoms with Gasteiger partial charge in [-0.1, -0.05) is 13.8 Å². The predicted molar refractivity (Wildman–Crippen MR) is 40.3 cm³/mol. The van der Waals surface area contributed by atoms with Crippen molar-refractivity contribution in [1.82, 2.24) is 0 Å². The topological polar surface area (TPSA) is 52.6 Å². The second-order valence-electron chi connectivity index (χ2n) is 3.10. The highest BCUT2D eigenvalue weighted by atomic mass is 16.6. The van der Waals surface area contributed by atoms with Gasteiger partial charge in [-0.15, -0.1) is 0 Å². The van der Waals surface area contributed by atoms with Crippen LogP contribution in [0.5, 0.6) is 0 Å². The maximum absolute atomic E-state index is 11.0. The van der Waals surface area contributed by atoms with Crippen molar-refractivity contribution in [3.63, 3.8) is 0 Å². The average molecular weight is 172 g/mol. The molecule has 0 N–H and O–H groups in total. The lowest BCUT2D eigenvalue weighted by Crippen LogP contribution is -2.21. The Balaban J connectivity index is 2.32. The van der Waals surface area contributed by atoms with E-state index in [0.29, 0.717) is 0 Å². The lowest BCUT2D eigenvalue weighted by molar-refractivity contribution is -0.152. The van der Waals surface area contributed by atoms with Crippen molar-refractivity contribution in [2.45, 2.75) is 26.4 Å². The summed E-state index contributed by atoms with van der Waals surface area (Å²) >= 11 is 0. The van der Waals surface area contributed by atoms with Crippen molar-refractivity contribution >= 4 is 11.9 Å². The molecular formula is C8H12O4. The van der Waals surface area contributed by atoms with Gasteiger partial charge in [-0.2, -0.15) is 0 Å². The van der Waals surface area contributed by atoms with Crippen LogP contribution in [-0.2, 0) is 19.1 Å². The Morgan fingerprint density at radius 2 is 2.33 bits per heavy atom. The van der Waals surface area contributed by atoms with Crippen LogP contribution in [0.3, 0.4) is 0 Å². The molecule has 1 heterocycles. The van der Waals surface area contributed by atoms with Gasteiger partial charge < -0.3 is 9.47 Å². The fraction of sp³-hybridized carbons (Fsp3) is 0.750. The van der Waals surface area contributed by atoms with E-state index in [1.807, 2.05) is 0 Å². The van der Waals surface area contributed by atoms with E-state index >= 15 is 0 Å². The van der Waals surface area contributed by atoms with Crippen molar-refractivity contribution in [1.29, 1.82) is 0 Å². The van der Waals surface area contributed by atoms with E-state index in [-0.39, 0.29) is 37.0 Å². The Morgan fingerprint density at radius 3 is 2.75 bits per heavy atom. The van der Waals surface area contributed by atoms with Gasteiger partial charge in [-0.3, -0.25) is 9.59 Å². The minimum Gasteiger partial charge on any atom is -0.462 e. The summed E-state index contributed by atoms with van der Waals surface area (Å²) in [5.74, 6) is -0.726. The monoisotopic (exact) mass is 172 g/mol. The molecule has 1 aliphatic heterocycles. The van der Waals surface area contributed by atoms with Gasteiger partial charge in [0, 0.05) is 0 Å². The molecule has 0 aromatic heterocycles. The molecule has 4 heteroatoms. The van der Waals surface area contributed by atoms with E-state index in [1.165, 1.54) is 0 Å². The Kier molecular flexibility index (Phi) is 2.68. The minimum absolute atomic E-state index is 0.152. The molecule has 0 amide bonds. The largest absolute Gasteiger partial charge is 0.462 e. The third kappa shape index (κ3) is 2.22. The van der Waals surface area contributed by atoms with E-state index in [2.05, 4.69) is 4.74 Å². The summed E-state index contributed by atoms with van der Waals surface area (Å²) in [5, 5.41) is 0. The summed E-state index contributed by atoms with van der Waals surface area (Å²) in [5.41, 5.74) is 0. The smallest absolute Gasteiger partial charge is 0.309 e. The standard InChI is InChI=1S/C8H12O4/c1-5(2)8(10)12-6-3-7(9)11-4-6/h5-6H,3-4H2,1-2H3. The predicted octanol–water partition coefficient (Wildman–Crippen LogP) is 0.501. The van der Waals surface area contributed by atoms with Crippen molar-refractivity contribution in [3.8, 4) is 0 Å². The lowest BCUT2D eigenvalue weighted by Gasteiger charge is -2.10. The Labute approximate surface area is 70.8 Å². The van der Waals surface area contributed by atoms with Gasteiger partial charge in [0.25, 0.3) is 0 Å². The first kappa shape index (κ1) is 9.03. The first-order valence-corrected chi connectivity index (χ1v) is 3.95. The number of ether oxygens (including phenoxy) is 2. The zero-order chi connectivity index (χ0) is 9.14. The first-order valence-electron chi connectivity index (χ1n) is 3.95. The highest BCUT2D eigenvalue weighted by Crippen LogP contribution is 2.11. The summed E-state index contributed by atoms with van der Waals surface area (Å²) in [6.45, 7) is 3.71. The zero-order valence-corrected chi connectivity index (χ0v) is 7.20. The molecule has 0 aromatic carbocycles. The number of esters is 2. The van der Waals surface area contributed by atoms with Gasteiger partial charge in [0.2, 0.25) is 0 Å². The van der Waals surface area contributed by atoms with Gasteiger partial charge >= 0.3 is 11.9 Å². The molecule has 0 radical (unpaired) electrons. The minimum atomic E-state index is -0.368. The second-order valence-corrected chi connectivity index (χ2v) is 3.10. The molecule has 12 heavy (non-hydrogen) atoms. The maximum atomic E-state index is 11.0. The molecule has 68 valence electrons. The Bertz CT molecular complexity index is 197. The maximum Gasteiger partial charge on any atom is 0.309 e. The quantitative estimate of drug-likeness (QED) is 0.569. The molecule has 0 bridgehead atoms. The third-order valence-electron chi connectivity index (χ3n) is 1.58. The summed E-state index contributed by atoms with van der Waals surface area (Å²) < 4.78 is 9.59. The van der Waals surface area contributed by atoms with Crippen LogP contribution in [0.2, 0.25) is 0 Å². The highest BCUT2D eigenvalue weighted by molar-refractivity contribution is 5.75. The van der Waals surface area contributed by atoms with Gasteiger partial charge in [-0.05, 0) is 0 Å². The lowest BCUT2D eigenvalue weighted by atomic mass is 10.2. The van der Waals surface area contributed by atoms with Crippen LogP contribution in [0.25, 0.3) is 0 Å². The van der Waals surface area contributed by atoms with Crippen LogP contribution in [0.1, 0.15) is 20.3 Å². The van der Waals surface area contributed by atoms with Crippen LogP contribution in [-0.4, -0.2) is 24.6 Å². The molecule has 1 unspecified atom stereocenters. The molecule has 0 spiro atoms. The van der Waals surface area contributed by atoms with Crippen LogP contribution >= 0.6 is 0 Å². The summed E-state index contributed by atoms with van der Waals surface area (Å²) in [6.07, 6.45) is -0.175. The summed E-state index contributed by atoms with van der Waals surface area (Å²) in [6, 6.07) is 0. The van der Waals surface area contributed by atoms with Crippen LogP contribution < -0.4 is 0 Å². The molecule has 1 rings (SSSR count). The number of carbonyl (C=O) groups is 2. The Morgan fingerprint density at radius 1 is 1.67 bits per heavy atom. The zero-order valence-electron chi connectivity index (χ0n) is 7.20. The van der Waals surface area contributed by atoms with Gasteiger partial charge in [0.15, 0.2) is 0 Å². The molecule has 4 nitrogen and oxygen atoms in total. The van der Waals surface area contributed by atoms with Gasteiger partial charge in [0.05, 0.1) is 12.3 Å². The number of carbonyl (C=O) groups excluding carboxylic acids is 2. The molecule has 1 fully saturated rings. The molecule has 1 atom stereocenters. The van der Waals surface area contributed by atoms with Crippen LogP contribution in [0.4, 0.5) is 0 Å². The summed E-state index contributed by atoms with van der Waals surface area (Å²) in [4.78, 5) is 21.6. The normalized spacial score (nSPS) is 22.6. The fourth-order valence-corrected chi connectivity index (χ4v) is 0.866. The van der Waals surface area contributed by atoms with Crippen molar-refractivity contribution < 1.29 is 19.1 Å². The third-order valence-corrected chi connectivity index (χ3v) is 1.58. The number of hydrogen-bond acceptors (Lipinski definition) is 4. The number of hydrogen-bond donors (Lipinski definition) is 0. The van der Waals surface area contributed by atoms with Gasteiger partial charge in [-0.25, -0.2) is 0 Å². The molecule has 0 saturated carbocycles. The highest BCUT2D eigenvalue weighted by Gasteiger charge is 2.27. The van der Waals surface area contributed by atoms with Crippen LogP contribution in [0.15, 0.2) is 0 Å². The first-order chi connectivity index (χ1) is 5.59. The van der Waals surface area contributed by atoms with E-state index in [1.54, 1.807) is 13.8 Å². The second kappa shape index (κ2) is 3.56. The number of cyclic esters (lactones) is 1. The molecule has 1 aliphatic rings. The molecule has 0 aliphatic carbocycles. The molecule has 0 aromatic rings. The number of rotatable bonds is 2. The van der Waals surface area contributed by atoms with Crippen LogP contribution in [0, 0.1) is 5.92 Å². The van der Waals surface area contributed by atoms with Gasteiger partial charge in [0.1, 0.15) is 12.7 Å². The Hall–Kier alpha value is -1.06. The summed E-state index contributed by atoms with van der Waals surface area (Å²) in [7, 11) is 0. The molecule has 1 saturated heterocycles. The SMILES string of the molecule is CC(C)C(=O)OC1COC(=O)C1. The fourth-order valence-electron chi connectivity index (χ4n) is 0.866. The van der Waals surface area contributed by atoms with E-state index in [9.17, 15) is 9.59 Å². The van der Waals surface area contributed by atoms with Crippen molar-refractivity contribution in [3.05, 3.63) is 0 Å². The van der Waals surface area contributed by atoms with E-state index in [4.69, 9.17) is 4.74 Å².